The molecular weight excluding hydrogens is 544 g/mol. The number of aromatic nitrogens is 4. The molecule has 0 bridgehead atoms. The second kappa shape index (κ2) is 12.3. The Labute approximate surface area is 242 Å². The van der Waals surface area contributed by atoms with Crippen molar-refractivity contribution in [1.82, 2.24) is 24.0 Å². The predicted octanol–water partition coefficient (Wildman–Crippen LogP) is 3.34. The molecule has 0 aliphatic carbocycles. The van der Waals surface area contributed by atoms with E-state index in [1.54, 1.807) is 63.2 Å². The maximum atomic E-state index is 13.4. The van der Waals surface area contributed by atoms with Gasteiger partial charge < -0.3 is 24.6 Å². The quantitative estimate of drug-likeness (QED) is 0.159. The van der Waals surface area contributed by atoms with E-state index in [4.69, 9.17) is 9.47 Å². The van der Waals surface area contributed by atoms with Crippen LogP contribution in [0.25, 0.3) is 16.9 Å². The third-order valence-corrected chi connectivity index (χ3v) is 6.54. The molecule has 2 aromatic carbocycles. The van der Waals surface area contributed by atoms with E-state index >= 15 is 0 Å². The van der Waals surface area contributed by atoms with Gasteiger partial charge in [-0.15, -0.1) is 0 Å². The number of methoxy groups -OCH3 is 1. The molecule has 4 rings (SSSR count). The van der Waals surface area contributed by atoms with E-state index in [1.165, 1.54) is 28.5 Å². The van der Waals surface area contributed by atoms with Gasteiger partial charge in [-0.05, 0) is 40.1 Å². The van der Waals surface area contributed by atoms with Gasteiger partial charge in [0.05, 0.1) is 34.9 Å². The summed E-state index contributed by atoms with van der Waals surface area (Å²) in [7, 11) is 8.68. The standard InChI is InChI=1S/C28H34N8O6/c1-17(2)42-26(37)18-16-29-27(31-25(18)35-21-11-9-8-10-20(21)34(6)28(35)38)30-19-14-23(36(39)40)22(15-24(19)41-7)33(5)13-12-32(3)4/h8-11,14-17H,12-13H2,1-7H3,(H,29,30,31). The number of rotatable bonds is 11. The van der Waals surface area contributed by atoms with E-state index in [0.717, 1.165) is 0 Å². The van der Waals surface area contributed by atoms with Gasteiger partial charge in [-0.25, -0.2) is 19.1 Å². The van der Waals surface area contributed by atoms with Crippen molar-refractivity contribution in [2.75, 3.05) is 51.6 Å². The van der Waals surface area contributed by atoms with Gasteiger partial charge in [-0.2, -0.15) is 4.98 Å². The summed E-state index contributed by atoms with van der Waals surface area (Å²) in [6.07, 6.45) is 0.833. The summed E-state index contributed by atoms with van der Waals surface area (Å²) >= 11 is 0. The molecule has 0 spiro atoms. The highest BCUT2D eigenvalue weighted by Crippen LogP contribution is 2.39. The van der Waals surface area contributed by atoms with Crippen molar-refractivity contribution in [3.63, 3.8) is 0 Å². The Morgan fingerprint density at radius 2 is 1.83 bits per heavy atom. The van der Waals surface area contributed by atoms with Gasteiger partial charge in [0.25, 0.3) is 5.69 Å². The van der Waals surface area contributed by atoms with Crippen molar-refractivity contribution in [3.8, 4) is 11.6 Å². The predicted molar refractivity (Wildman–Crippen MR) is 159 cm³/mol. The number of ether oxygens (including phenoxy) is 2. The van der Waals surface area contributed by atoms with Crippen LogP contribution in [0.2, 0.25) is 0 Å². The van der Waals surface area contributed by atoms with E-state index in [0.29, 0.717) is 35.6 Å². The largest absolute Gasteiger partial charge is 0.494 e. The summed E-state index contributed by atoms with van der Waals surface area (Å²) in [5, 5.41) is 15.0. The number of anilines is 3. The average molecular weight is 579 g/mol. The maximum Gasteiger partial charge on any atom is 0.343 e. The van der Waals surface area contributed by atoms with Crippen molar-refractivity contribution in [2.45, 2.75) is 20.0 Å². The van der Waals surface area contributed by atoms with Crippen molar-refractivity contribution in [3.05, 3.63) is 68.8 Å². The molecule has 0 unspecified atom stereocenters. The first kappa shape index (κ1) is 30.0. The fourth-order valence-electron chi connectivity index (χ4n) is 4.39. The topological polar surface area (TPSA) is 150 Å². The van der Waals surface area contributed by atoms with Crippen LogP contribution >= 0.6 is 0 Å². The minimum absolute atomic E-state index is 0.00606. The van der Waals surface area contributed by atoms with Crippen molar-refractivity contribution < 1.29 is 19.2 Å². The van der Waals surface area contributed by atoms with E-state index in [9.17, 15) is 19.7 Å². The number of fused-ring (bicyclic) bond motifs is 1. The van der Waals surface area contributed by atoms with Gasteiger partial charge in [0.2, 0.25) is 5.95 Å². The number of carbonyl (C=O) groups excluding carboxylic acids is 1. The lowest BCUT2D eigenvalue weighted by Gasteiger charge is -2.22. The zero-order valence-electron chi connectivity index (χ0n) is 24.6. The second-order valence-corrected chi connectivity index (χ2v) is 10.2. The molecule has 0 aliphatic rings. The number of nitrogens with zero attached hydrogens (tertiary/aromatic N) is 7. The summed E-state index contributed by atoms with van der Waals surface area (Å²) in [5.41, 5.74) is 1.14. The molecule has 1 N–H and O–H groups in total. The number of hydrogen-bond acceptors (Lipinski definition) is 11. The number of esters is 1. The van der Waals surface area contributed by atoms with Crippen LogP contribution in [0.1, 0.15) is 24.2 Å². The van der Waals surface area contributed by atoms with Crippen molar-refractivity contribution in [2.24, 2.45) is 7.05 Å². The molecule has 0 amide bonds. The molecule has 0 aliphatic heterocycles. The van der Waals surface area contributed by atoms with Crippen LogP contribution in [0.5, 0.6) is 5.75 Å². The number of likely N-dealkylation sites (N-methyl/N-ethyl adjacent to an activating group) is 2. The van der Waals surface area contributed by atoms with Crippen LogP contribution in [0.3, 0.4) is 0 Å². The summed E-state index contributed by atoms with van der Waals surface area (Å²) in [6.45, 7) is 4.65. The van der Waals surface area contributed by atoms with Crippen molar-refractivity contribution in [1.29, 1.82) is 0 Å². The summed E-state index contributed by atoms with van der Waals surface area (Å²) in [6, 6.07) is 10.00. The van der Waals surface area contributed by atoms with Gasteiger partial charge >= 0.3 is 11.7 Å². The van der Waals surface area contributed by atoms with Crippen LogP contribution in [0.4, 0.5) is 23.0 Å². The van der Waals surface area contributed by atoms with E-state index in [2.05, 4.69) is 15.3 Å². The SMILES string of the molecule is COc1cc(N(C)CCN(C)C)c([N+](=O)[O-])cc1Nc1ncc(C(=O)OC(C)C)c(-n2c(=O)n(C)c3ccccc32)n1. The van der Waals surface area contributed by atoms with E-state index < -0.39 is 22.7 Å². The zero-order chi connectivity index (χ0) is 30.7. The van der Waals surface area contributed by atoms with Crippen LogP contribution in [0, 0.1) is 10.1 Å². The first-order valence-corrected chi connectivity index (χ1v) is 13.2. The Kier molecular flexibility index (Phi) is 8.76. The Bertz CT molecular complexity index is 1690. The molecule has 0 radical (unpaired) electrons. The normalized spacial score (nSPS) is 11.3. The third kappa shape index (κ3) is 6.02. The number of aryl methyl sites for hydroxylation is 1. The molecule has 0 saturated carbocycles. The average Bonchev–Trinajstić information content (AvgIpc) is 3.20. The summed E-state index contributed by atoms with van der Waals surface area (Å²) < 4.78 is 13.7. The number of hydrogen-bond donors (Lipinski definition) is 1. The highest BCUT2D eigenvalue weighted by atomic mass is 16.6. The molecule has 4 aromatic rings. The minimum atomic E-state index is -0.704. The fraction of sp³-hybridized carbons (Fsp3) is 0.357. The van der Waals surface area contributed by atoms with Crippen LogP contribution in [0.15, 0.2) is 47.4 Å². The Balaban J connectivity index is 1.85. The smallest absolute Gasteiger partial charge is 0.343 e. The minimum Gasteiger partial charge on any atom is -0.494 e. The van der Waals surface area contributed by atoms with Crippen LogP contribution in [-0.2, 0) is 11.8 Å². The molecule has 14 nitrogen and oxygen atoms in total. The molecule has 14 heteroatoms. The third-order valence-electron chi connectivity index (χ3n) is 6.54. The first-order chi connectivity index (χ1) is 19.9. The second-order valence-electron chi connectivity index (χ2n) is 10.2. The Morgan fingerprint density at radius 3 is 2.45 bits per heavy atom. The van der Waals surface area contributed by atoms with Crippen molar-refractivity contribution >= 4 is 40.0 Å². The Hall–Kier alpha value is -4.98. The number of nitro groups is 1. The molecule has 0 fully saturated rings. The van der Waals surface area contributed by atoms with Gasteiger partial charge in [-0.1, -0.05) is 12.1 Å². The summed E-state index contributed by atoms with van der Waals surface area (Å²) in [4.78, 5) is 50.6. The first-order valence-electron chi connectivity index (χ1n) is 13.2. The highest BCUT2D eigenvalue weighted by molar-refractivity contribution is 5.94. The lowest BCUT2D eigenvalue weighted by atomic mass is 10.2. The molecule has 0 saturated heterocycles. The van der Waals surface area contributed by atoms with Gasteiger partial charge in [0.1, 0.15) is 17.0 Å². The lowest BCUT2D eigenvalue weighted by molar-refractivity contribution is -0.384. The number of para-hydroxylation sites is 2. The molecule has 2 heterocycles. The highest BCUT2D eigenvalue weighted by Gasteiger charge is 2.25. The van der Waals surface area contributed by atoms with Gasteiger partial charge in [0.15, 0.2) is 5.82 Å². The van der Waals surface area contributed by atoms with Crippen LogP contribution < -0.4 is 20.6 Å². The molecular formula is C28H34N8O6. The van der Waals surface area contributed by atoms with E-state index in [-0.39, 0.29) is 28.7 Å². The Morgan fingerprint density at radius 1 is 1.14 bits per heavy atom. The summed E-state index contributed by atoms with van der Waals surface area (Å²) in [5.74, 6) is -0.423. The zero-order valence-corrected chi connectivity index (χ0v) is 24.6. The number of imidazole rings is 1. The fourth-order valence-corrected chi connectivity index (χ4v) is 4.39. The lowest BCUT2D eigenvalue weighted by Crippen LogP contribution is -2.29. The molecule has 222 valence electrons. The van der Waals surface area contributed by atoms with E-state index in [1.807, 2.05) is 19.0 Å². The van der Waals surface area contributed by atoms with Gasteiger partial charge in [-0.3, -0.25) is 14.7 Å². The number of nitrogens with one attached hydrogen (secondary N) is 1. The molecule has 0 atom stereocenters. The molecule has 42 heavy (non-hydrogen) atoms. The number of carbonyl (C=O) groups is 1. The van der Waals surface area contributed by atoms with Crippen LogP contribution in [-0.4, -0.2) is 82.3 Å². The maximum absolute atomic E-state index is 13.4. The van der Waals surface area contributed by atoms with Gasteiger partial charge in [0, 0.05) is 45.5 Å². The monoisotopic (exact) mass is 578 g/mol. The number of benzene rings is 2. The molecule has 2 aromatic heterocycles. The number of nitro benzene ring substituents is 1.